The Labute approximate surface area is 92.4 Å². The molecule has 0 spiro atoms. The van der Waals surface area contributed by atoms with Gasteiger partial charge in [0.25, 0.3) is 0 Å². The molecule has 0 radical (unpaired) electrons. The van der Waals surface area contributed by atoms with Crippen LogP contribution >= 0.6 is 11.6 Å². The molecule has 9 nitrogen and oxygen atoms in total. The number of rotatable bonds is 2. The number of carbonyl (C=O) groups is 1. The normalized spacial score (nSPS) is 8.56. The van der Waals surface area contributed by atoms with Gasteiger partial charge in [-0.05, 0) is 6.07 Å². The van der Waals surface area contributed by atoms with Crippen molar-refractivity contribution in [2.24, 2.45) is 5.34 Å². The van der Waals surface area contributed by atoms with Gasteiger partial charge in [0.2, 0.25) is 0 Å². The molecule has 2 N–H and O–H groups in total. The highest BCUT2D eigenvalue weighted by molar-refractivity contribution is 6.29. The largest absolute Gasteiger partial charge is 0.477 e. The smallest absolute Gasteiger partial charge is 0.342 e. The summed E-state index contributed by atoms with van der Waals surface area (Å²) < 4.78 is 0. The molecular formula is C6H4ClN3O6. The highest BCUT2D eigenvalue weighted by Crippen LogP contribution is 2.19. The number of pyridine rings is 1. The fourth-order valence-corrected chi connectivity index (χ4v) is 0.897. The van der Waals surface area contributed by atoms with Gasteiger partial charge < -0.3 is 10.3 Å². The first-order valence-corrected chi connectivity index (χ1v) is 3.81. The molecule has 0 aromatic carbocycles. The van der Waals surface area contributed by atoms with Crippen LogP contribution in [-0.2, 0) is 0 Å². The summed E-state index contributed by atoms with van der Waals surface area (Å²) in [5.74, 6) is -1.41. The summed E-state index contributed by atoms with van der Waals surface area (Å²) in [7, 11) is 0. The van der Waals surface area contributed by atoms with Gasteiger partial charge in [-0.2, -0.15) is 0 Å². The van der Waals surface area contributed by atoms with Crippen LogP contribution < -0.4 is 0 Å². The number of hydrogen-bond acceptors (Lipinski definition) is 6. The maximum Gasteiger partial charge on any atom is 0.342 e. The van der Waals surface area contributed by atoms with Crippen molar-refractivity contribution in [1.82, 2.24) is 4.98 Å². The molecule has 0 amide bonds. The second-order valence-corrected chi connectivity index (χ2v) is 2.56. The second-order valence-electron chi connectivity index (χ2n) is 2.17. The van der Waals surface area contributed by atoms with Crippen LogP contribution in [0.1, 0.15) is 10.4 Å². The Morgan fingerprint density at radius 2 is 2.12 bits per heavy atom. The lowest BCUT2D eigenvalue weighted by Gasteiger charge is -1.96. The van der Waals surface area contributed by atoms with Gasteiger partial charge in [-0.15, -0.1) is 4.91 Å². The van der Waals surface area contributed by atoms with E-state index in [1.807, 2.05) is 0 Å². The summed E-state index contributed by atoms with van der Waals surface area (Å²) in [6.07, 6.45) is 0.811. The number of aromatic nitrogens is 1. The highest BCUT2D eigenvalue weighted by Gasteiger charge is 2.20. The van der Waals surface area contributed by atoms with E-state index in [1.54, 1.807) is 0 Å². The first kappa shape index (κ1) is 13.7. The molecule has 1 aromatic rings. The number of aromatic carboxylic acids is 1. The summed E-state index contributed by atoms with van der Waals surface area (Å²) in [4.78, 5) is 31.5. The summed E-state index contributed by atoms with van der Waals surface area (Å²) >= 11 is 5.37. The Kier molecular flexibility index (Phi) is 5.35. The zero-order valence-corrected chi connectivity index (χ0v) is 8.16. The first-order valence-electron chi connectivity index (χ1n) is 3.44. The summed E-state index contributed by atoms with van der Waals surface area (Å²) in [6.45, 7) is 0. The van der Waals surface area contributed by atoms with E-state index in [-0.39, 0.29) is 5.15 Å². The standard InChI is InChI=1S/C6H3ClN2O4.HNO2/c7-5-1-3(6(10)11)4(2-8-5)9(12)13;2-1-3/h1-2H,(H,10,11);(H,2,3). The SMILES string of the molecule is O=C(O)c1cc(Cl)ncc1[N+](=O)[O-].O=NO. The van der Waals surface area contributed by atoms with Crippen molar-refractivity contribution in [3.05, 3.63) is 38.0 Å². The van der Waals surface area contributed by atoms with Gasteiger partial charge in [-0.3, -0.25) is 10.1 Å². The molecule has 0 fully saturated rings. The fraction of sp³-hybridized carbons (Fsp3) is 0. The third-order valence-corrected chi connectivity index (χ3v) is 1.48. The van der Waals surface area contributed by atoms with Crippen molar-refractivity contribution in [3.63, 3.8) is 0 Å². The van der Waals surface area contributed by atoms with Gasteiger partial charge in [0.15, 0.2) is 5.34 Å². The molecule has 0 atom stereocenters. The van der Waals surface area contributed by atoms with Gasteiger partial charge in [-0.1, -0.05) is 11.6 Å². The molecule has 16 heavy (non-hydrogen) atoms. The predicted octanol–water partition coefficient (Wildman–Crippen LogP) is 1.48. The molecule has 0 unspecified atom stereocenters. The minimum atomic E-state index is -1.41. The van der Waals surface area contributed by atoms with E-state index in [2.05, 4.69) is 4.98 Å². The highest BCUT2D eigenvalue weighted by atomic mass is 35.5. The average molecular weight is 250 g/mol. The van der Waals surface area contributed by atoms with Crippen LogP contribution in [0.4, 0.5) is 5.69 Å². The molecule has 86 valence electrons. The summed E-state index contributed by atoms with van der Waals surface area (Å²) in [5.41, 5.74) is -1.04. The van der Waals surface area contributed by atoms with E-state index in [9.17, 15) is 14.9 Å². The lowest BCUT2D eigenvalue weighted by atomic mass is 10.2. The van der Waals surface area contributed by atoms with Crippen molar-refractivity contribution >= 4 is 23.3 Å². The van der Waals surface area contributed by atoms with E-state index in [4.69, 9.17) is 26.8 Å². The molecular weight excluding hydrogens is 246 g/mol. The zero-order valence-electron chi connectivity index (χ0n) is 7.40. The fourth-order valence-electron chi connectivity index (χ4n) is 0.739. The van der Waals surface area contributed by atoms with Crippen molar-refractivity contribution < 1.29 is 20.0 Å². The lowest BCUT2D eigenvalue weighted by molar-refractivity contribution is -0.385. The van der Waals surface area contributed by atoms with Gasteiger partial charge in [0, 0.05) is 0 Å². The van der Waals surface area contributed by atoms with Crippen LogP contribution in [0.5, 0.6) is 0 Å². The number of halogens is 1. The van der Waals surface area contributed by atoms with E-state index in [0.29, 0.717) is 0 Å². The van der Waals surface area contributed by atoms with E-state index in [1.165, 1.54) is 5.34 Å². The van der Waals surface area contributed by atoms with Crippen molar-refractivity contribution in [2.45, 2.75) is 0 Å². The van der Waals surface area contributed by atoms with Crippen LogP contribution in [0.15, 0.2) is 17.6 Å². The number of hydrogen-bond donors (Lipinski definition) is 2. The minimum absolute atomic E-state index is 0.0944. The van der Waals surface area contributed by atoms with E-state index >= 15 is 0 Å². The van der Waals surface area contributed by atoms with Gasteiger partial charge in [-0.25, -0.2) is 9.78 Å². The number of nitrogens with zero attached hydrogens (tertiary/aromatic N) is 3. The van der Waals surface area contributed by atoms with Gasteiger partial charge >= 0.3 is 11.7 Å². The molecule has 1 rings (SSSR count). The van der Waals surface area contributed by atoms with Crippen molar-refractivity contribution in [1.29, 1.82) is 0 Å². The Morgan fingerprint density at radius 1 is 1.62 bits per heavy atom. The van der Waals surface area contributed by atoms with Crippen LogP contribution in [0.25, 0.3) is 0 Å². The molecule has 0 aliphatic rings. The second kappa shape index (κ2) is 6.24. The Morgan fingerprint density at radius 3 is 2.50 bits per heavy atom. The number of carboxylic acids is 1. The van der Waals surface area contributed by atoms with Crippen molar-refractivity contribution in [3.8, 4) is 0 Å². The third-order valence-electron chi connectivity index (χ3n) is 1.28. The van der Waals surface area contributed by atoms with E-state index in [0.717, 1.165) is 12.3 Å². The quantitative estimate of drug-likeness (QED) is 0.349. The van der Waals surface area contributed by atoms with E-state index < -0.39 is 22.1 Å². The molecule has 0 saturated carbocycles. The first-order chi connectivity index (χ1) is 7.43. The molecule has 1 aromatic heterocycles. The number of carboxylic acid groups (broad SMARTS) is 1. The van der Waals surface area contributed by atoms with Crippen LogP contribution in [0, 0.1) is 15.0 Å². The lowest BCUT2D eigenvalue weighted by Crippen LogP contribution is -2.03. The third kappa shape index (κ3) is 3.84. The number of nitro groups is 1. The maximum atomic E-state index is 10.5. The molecule has 1 heterocycles. The molecule has 0 aliphatic carbocycles. The molecule has 10 heteroatoms. The Balaban J connectivity index is 0.000000673. The summed E-state index contributed by atoms with van der Waals surface area (Å²) in [5, 5.41) is 26.6. The van der Waals surface area contributed by atoms with Crippen LogP contribution in [0.3, 0.4) is 0 Å². The van der Waals surface area contributed by atoms with Crippen molar-refractivity contribution in [2.75, 3.05) is 0 Å². The molecule has 0 saturated heterocycles. The molecule has 0 aliphatic heterocycles. The molecule has 0 bridgehead atoms. The van der Waals surface area contributed by atoms with Crippen LogP contribution in [-0.4, -0.2) is 26.2 Å². The Hall–Kier alpha value is -2.29. The maximum absolute atomic E-state index is 10.5. The van der Waals surface area contributed by atoms with Gasteiger partial charge in [0.05, 0.1) is 4.92 Å². The monoisotopic (exact) mass is 249 g/mol. The summed E-state index contributed by atoms with van der Waals surface area (Å²) in [6, 6.07) is 0.933. The topological polar surface area (TPSA) is 143 Å². The average Bonchev–Trinajstić information content (AvgIpc) is 2.18. The van der Waals surface area contributed by atoms with Gasteiger partial charge in [0.1, 0.15) is 16.9 Å². The Bertz CT molecular complexity index is 423. The zero-order chi connectivity index (χ0) is 12.7. The van der Waals surface area contributed by atoms with Crippen LogP contribution in [0.2, 0.25) is 5.15 Å². The minimum Gasteiger partial charge on any atom is -0.477 e. The predicted molar refractivity (Wildman–Crippen MR) is 50.4 cm³/mol.